The summed E-state index contributed by atoms with van der Waals surface area (Å²) in [6, 6.07) is 11.0. The second kappa shape index (κ2) is 5.54. The quantitative estimate of drug-likeness (QED) is 0.788. The van der Waals surface area contributed by atoms with Crippen molar-refractivity contribution in [1.29, 1.82) is 0 Å². The lowest BCUT2D eigenvalue weighted by molar-refractivity contribution is 0.357. The number of hydrogen-bond acceptors (Lipinski definition) is 3. The first-order valence-corrected chi connectivity index (χ1v) is 6.49. The fourth-order valence-electron chi connectivity index (χ4n) is 1.88. The molecule has 1 saturated heterocycles. The Labute approximate surface area is 95.8 Å². The first-order chi connectivity index (χ1) is 7.34. The lowest BCUT2D eigenvalue weighted by Gasteiger charge is -2.14. The molecular weight excluding hydrogens is 204 g/mol. The molecule has 1 aliphatic rings. The van der Waals surface area contributed by atoms with Crippen LogP contribution < -0.4 is 5.73 Å². The molecule has 2 nitrogen and oxygen atoms in total. The predicted molar refractivity (Wildman–Crippen MR) is 66.2 cm³/mol. The Morgan fingerprint density at radius 3 is 2.80 bits per heavy atom. The van der Waals surface area contributed by atoms with Crippen molar-refractivity contribution >= 4 is 11.8 Å². The Kier molecular flexibility index (Phi) is 4.06. The smallest absolute Gasteiger partial charge is 0.0180 e. The van der Waals surface area contributed by atoms with Crippen LogP contribution in [0.5, 0.6) is 0 Å². The zero-order valence-electron chi connectivity index (χ0n) is 8.93. The lowest BCUT2D eigenvalue weighted by atomic mass is 10.3. The molecule has 1 atom stereocenters. The maximum atomic E-state index is 5.86. The third kappa shape index (κ3) is 3.52. The minimum absolute atomic E-state index is 0.409. The van der Waals surface area contributed by atoms with E-state index in [-0.39, 0.29) is 0 Å². The highest BCUT2D eigenvalue weighted by Crippen LogP contribution is 2.17. The van der Waals surface area contributed by atoms with Crippen LogP contribution >= 0.6 is 11.8 Å². The summed E-state index contributed by atoms with van der Waals surface area (Å²) < 4.78 is 0. The van der Waals surface area contributed by atoms with E-state index >= 15 is 0 Å². The van der Waals surface area contributed by atoms with Gasteiger partial charge in [0, 0.05) is 29.8 Å². The van der Waals surface area contributed by atoms with Gasteiger partial charge in [-0.25, -0.2) is 0 Å². The minimum Gasteiger partial charge on any atom is -0.326 e. The third-order valence-corrected chi connectivity index (χ3v) is 3.72. The zero-order chi connectivity index (χ0) is 10.5. The zero-order valence-corrected chi connectivity index (χ0v) is 9.75. The number of nitrogens with zero attached hydrogens (tertiary/aromatic N) is 1. The highest BCUT2D eigenvalue weighted by atomic mass is 32.2. The van der Waals surface area contributed by atoms with Gasteiger partial charge in [-0.05, 0) is 25.1 Å². The van der Waals surface area contributed by atoms with E-state index in [9.17, 15) is 0 Å². The summed E-state index contributed by atoms with van der Waals surface area (Å²) in [6.45, 7) is 3.42. The van der Waals surface area contributed by atoms with Crippen molar-refractivity contribution in [3.05, 3.63) is 30.3 Å². The molecule has 2 rings (SSSR count). The van der Waals surface area contributed by atoms with Crippen LogP contribution in [0.1, 0.15) is 6.42 Å². The summed E-state index contributed by atoms with van der Waals surface area (Å²) >= 11 is 1.93. The molecule has 0 spiro atoms. The molecule has 1 fully saturated rings. The lowest BCUT2D eigenvalue weighted by Crippen LogP contribution is -2.28. The number of likely N-dealkylation sites (tertiary alicyclic amines) is 1. The molecule has 0 bridgehead atoms. The average molecular weight is 222 g/mol. The van der Waals surface area contributed by atoms with Gasteiger partial charge in [-0.1, -0.05) is 18.2 Å². The molecule has 1 aromatic carbocycles. The molecule has 0 radical (unpaired) electrons. The molecule has 15 heavy (non-hydrogen) atoms. The summed E-state index contributed by atoms with van der Waals surface area (Å²) in [4.78, 5) is 3.82. The molecule has 3 heteroatoms. The molecule has 82 valence electrons. The van der Waals surface area contributed by atoms with Crippen LogP contribution in [0.2, 0.25) is 0 Å². The van der Waals surface area contributed by atoms with Crippen LogP contribution in [0.4, 0.5) is 0 Å². The molecule has 1 aliphatic heterocycles. The van der Waals surface area contributed by atoms with Crippen LogP contribution in [-0.4, -0.2) is 36.3 Å². The van der Waals surface area contributed by atoms with Crippen LogP contribution in [0.3, 0.4) is 0 Å². The number of thioether (sulfide) groups is 1. The first-order valence-electron chi connectivity index (χ1n) is 5.50. The van der Waals surface area contributed by atoms with E-state index in [1.807, 2.05) is 11.8 Å². The summed E-state index contributed by atoms with van der Waals surface area (Å²) in [6.07, 6.45) is 1.16. The highest BCUT2D eigenvalue weighted by molar-refractivity contribution is 7.99. The highest BCUT2D eigenvalue weighted by Gasteiger charge is 2.17. The van der Waals surface area contributed by atoms with Crippen molar-refractivity contribution < 1.29 is 0 Å². The van der Waals surface area contributed by atoms with Crippen molar-refractivity contribution in [2.75, 3.05) is 25.4 Å². The van der Waals surface area contributed by atoms with Crippen LogP contribution in [0.25, 0.3) is 0 Å². The van der Waals surface area contributed by atoms with Crippen LogP contribution in [-0.2, 0) is 0 Å². The summed E-state index contributed by atoms with van der Waals surface area (Å²) in [5, 5.41) is 0. The maximum absolute atomic E-state index is 5.86. The Morgan fingerprint density at radius 1 is 1.33 bits per heavy atom. The van der Waals surface area contributed by atoms with Gasteiger partial charge in [-0.3, -0.25) is 0 Å². The topological polar surface area (TPSA) is 29.3 Å². The van der Waals surface area contributed by atoms with Crippen molar-refractivity contribution in [3.63, 3.8) is 0 Å². The van der Waals surface area contributed by atoms with Gasteiger partial charge in [0.25, 0.3) is 0 Å². The molecule has 1 aromatic rings. The standard InChI is InChI=1S/C12H18N2S/c13-11-6-7-14(10-11)8-9-15-12-4-2-1-3-5-12/h1-5,11H,6-10,13H2/t11-/m1/s1. The van der Waals surface area contributed by atoms with Gasteiger partial charge in [-0.2, -0.15) is 0 Å². The molecule has 0 saturated carbocycles. The molecule has 0 aromatic heterocycles. The van der Waals surface area contributed by atoms with E-state index in [0.717, 1.165) is 25.3 Å². The molecule has 0 unspecified atom stereocenters. The first kappa shape index (κ1) is 11.0. The van der Waals surface area contributed by atoms with Crippen LogP contribution in [0, 0.1) is 0 Å². The predicted octanol–water partition coefficient (Wildman–Crippen LogP) is 1.81. The summed E-state index contributed by atoms with van der Waals surface area (Å²) in [5.41, 5.74) is 5.86. The second-order valence-corrected chi connectivity index (χ2v) is 5.18. The molecule has 0 amide bonds. The van der Waals surface area contributed by atoms with Gasteiger partial charge < -0.3 is 10.6 Å². The van der Waals surface area contributed by atoms with Crippen molar-refractivity contribution in [3.8, 4) is 0 Å². The van der Waals surface area contributed by atoms with Gasteiger partial charge in [0.2, 0.25) is 0 Å². The van der Waals surface area contributed by atoms with Gasteiger partial charge in [0.05, 0.1) is 0 Å². The van der Waals surface area contributed by atoms with Crippen molar-refractivity contribution in [1.82, 2.24) is 4.90 Å². The van der Waals surface area contributed by atoms with Crippen molar-refractivity contribution in [2.45, 2.75) is 17.4 Å². The number of benzene rings is 1. The Morgan fingerprint density at radius 2 is 2.13 bits per heavy atom. The minimum atomic E-state index is 0.409. The largest absolute Gasteiger partial charge is 0.326 e. The SMILES string of the molecule is N[C@@H]1CCN(CCSc2ccccc2)C1. The fourth-order valence-corrected chi connectivity index (χ4v) is 2.81. The normalized spacial score (nSPS) is 22.1. The molecule has 0 aliphatic carbocycles. The molecule has 2 N–H and O–H groups in total. The van der Waals surface area contributed by atoms with Crippen LogP contribution in [0.15, 0.2) is 35.2 Å². The molecule has 1 heterocycles. The number of hydrogen-bond donors (Lipinski definition) is 1. The fraction of sp³-hybridized carbons (Fsp3) is 0.500. The average Bonchev–Trinajstić information content (AvgIpc) is 2.66. The Hall–Kier alpha value is -0.510. The Balaban J connectivity index is 1.67. The number of nitrogens with two attached hydrogens (primary N) is 1. The second-order valence-electron chi connectivity index (χ2n) is 4.01. The monoisotopic (exact) mass is 222 g/mol. The van der Waals surface area contributed by atoms with E-state index < -0.39 is 0 Å². The molecular formula is C12H18N2S. The Bertz CT molecular complexity index is 289. The van der Waals surface area contributed by atoms with Gasteiger partial charge in [-0.15, -0.1) is 11.8 Å². The van der Waals surface area contributed by atoms with E-state index in [0.29, 0.717) is 6.04 Å². The summed E-state index contributed by atoms with van der Waals surface area (Å²) in [5.74, 6) is 1.16. The van der Waals surface area contributed by atoms with E-state index in [4.69, 9.17) is 5.73 Å². The third-order valence-electron chi connectivity index (χ3n) is 2.73. The number of rotatable bonds is 4. The summed E-state index contributed by atoms with van der Waals surface area (Å²) in [7, 11) is 0. The van der Waals surface area contributed by atoms with E-state index in [1.165, 1.54) is 11.4 Å². The van der Waals surface area contributed by atoms with Gasteiger partial charge >= 0.3 is 0 Å². The van der Waals surface area contributed by atoms with Gasteiger partial charge in [0.1, 0.15) is 0 Å². The van der Waals surface area contributed by atoms with E-state index in [2.05, 4.69) is 35.2 Å². The van der Waals surface area contributed by atoms with Crippen molar-refractivity contribution in [2.24, 2.45) is 5.73 Å². The van der Waals surface area contributed by atoms with Gasteiger partial charge in [0.15, 0.2) is 0 Å². The maximum Gasteiger partial charge on any atom is 0.0180 e. The van der Waals surface area contributed by atoms with E-state index in [1.54, 1.807) is 0 Å².